The molecule has 2 nitrogen and oxygen atoms in total. The van der Waals surface area contributed by atoms with Crippen molar-refractivity contribution in [2.24, 2.45) is 0 Å². The van der Waals surface area contributed by atoms with Gasteiger partial charge in [0.1, 0.15) is 0 Å². The van der Waals surface area contributed by atoms with E-state index in [0.29, 0.717) is 12.1 Å². The third-order valence-electron chi connectivity index (χ3n) is 2.75. The fourth-order valence-corrected chi connectivity index (χ4v) is 1.76. The second-order valence-corrected chi connectivity index (χ2v) is 3.62. The first-order chi connectivity index (χ1) is 6.33. The Labute approximate surface area is 78.8 Å². The summed E-state index contributed by atoms with van der Waals surface area (Å²) in [7, 11) is 0. The van der Waals surface area contributed by atoms with Crippen molar-refractivity contribution in [3.05, 3.63) is 35.9 Å². The lowest BCUT2D eigenvalue weighted by Gasteiger charge is -2.13. The van der Waals surface area contributed by atoms with E-state index in [1.807, 2.05) is 6.07 Å². The molecular formula is C11H15NO. The van der Waals surface area contributed by atoms with Crippen LogP contribution in [0.2, 0.25) is 0 Å². The van der Waals surface area contributed by atoms with Gasteiger partial charge in [-0.25, -0.2) is 0 Å². The molecule has 0 spiro atoms. The second kappa shape index (κ2) is 3.48. The van der Waals surface area contributed by atoms with Crippen LogP contribution in [0.15, 0.2) is 30.3 Å². The summed E-state index contributed by atoms with van der Waals surface area (Å²) in [6, 6.07) is 11.3. The zero-order valence-corrected chi connectivity index (χ0v) is 7.85. The molecule has 1 fully saturated rings. The number of nitrogens with zero attached hydrogens (tertiary/aromatic N) is 1. The lowest BCUT2D eigenvalue weighted by molar-refractivity contribution is 0.259. The minimum absolute atomic E-state index is 0.289. The van der Waals surface area contributed by atoms with Gasteiger partial charge in [-0.05, 0) is 12.5 Å². The first-order valence-electron chi connectivity index (χ1n) is 4.74. The third-order valence-corrected chi connectivity index (χ3v) is 2.75. The summed E-state index contributed by atoms with van der Waals surface area (Å²) in [6.07, 6.45) is 0. The van der Waals surface area contributed by atoms with Crippen molar-refractivity contribution in [2.45, 2.75) is 19.0 Å². The van der Waals surface area contributed by atoms with Crippen LogP contribution in [0.25, 0.3) is 0 Å². The van der Waals surface area contributed by atoms with Crippen LogP contribution in [0.3, 0.4) is 0 Å². The van der Waals surface area contributed by atoms with Crippen LogP contribution in [0, 0.1) is 0 Å². The average Bonchev–Trinajstić information content (AvgIpc) is 2.97. The molecule has 1 N–H and O–H groups in total. The van der Waals surface area contributed by atoms with Crippen LogP contribution < -0.4 is 0 Å². The molecule has 1 aromatic rings. The molecule has 2 heteroatoms. The SMILES string of the molecule is C[C@@H](c1ccccc1)[N@@]1CC1CO. The molecule has 0 radical (unpaired) electrons. The van der Waals surface area contributed by atoms with Crippen LogP contribution in [0.4, 0.5) is 0 Å². The first-order valence-corrected chi connectivity index (χ1v) is 4.74. The second-order valence-electron chi connectivity index (χ2n) is 3.62. The number of aliphatic hydroxyl groups excluding tert-OH is 1. The van der Waals surface area contributed by atoms with Gasteiger partial charge in [0.25, 0.3) is 0 Å². The molecule has 1 aromatic carbocycles. The van der Waals surface area contributed by atoms with Gasteiger partial charge in [-0.2, -0.15) is 0 Å². The zero-order valence-electron chi connectivity index (χ0n) is 7.85. The van der Waals surface area contributed by atoms with Crippen LogP contribution in [0.5, 0.6) is 0 Å². The Morgan fingerprint density at radius 3 is 2.69 bits per heavy atom. The van der Waals surface area contributed by atoms with E-state index in [1.165, 1.54) is 5.56 Å². The van der Waals surface area contributed by atoms with Crippen molar-refractivity contribution < 1.29 is 5.11 Å². The van der Waals surface area contributed by atoms with Crippen molar-refractivity contribution in [2.75, 3.05) is 13.2 Å². The average molecular weight is 177 g/mol. The fraction of sp³-hybridized carbons (Fsp3) is 0.455. The molecule has 1 saturated heterocycles. The molecule has 3 atom stereocenters. The van der Waals surface area contributed by atoms with E-state index in [-0.39, 0.29) is 6.61 Å². The minimum Gasteiger partial charge on any atom is -0.395 e. The van der Waals surface area contributed by atoms with E-state index in [9.17, 15) is 0 Å². The van der Waals surface area contributed by atoms with Crippen LogP contribution >= 0.6 is 0 Å². The molecule has 1 aliphatic rings. The van der Waals surface area contributed by atoms with Crippen LogP contribution in [0.1, 0.15) is 18.5 Å². The molecule has 1 heterocycles. The van der Waals surface area contributed by atoms with Gasteiger partial charge < -0.3 is 5.11 Å². The predicted octanol–water partition coefficient (Wildman–Crippen LogP) is 1.42. The van der Waals surface area contributed by atoms with Gasteiger partial charge in [0.2, 0.25) is 0 Å². The third kappa shape index (κ3) is 1.74. The summed E-state index contributed by atoms with van der Waals surface area (Å²) >= 11 is 0. The van der Waals surface area contributed by atoms with Gasteiger partial charge >= 0.3 is 0 Å². The van der Waals surface area contributed by atoms with Gasteiger partial charge in [0, 0.05) is 18.6 Å². The number of hydrogen-bond donors (Lipinski definition) is 1. The number of rotatable bonds is 3. The van der Waals surface area contributed by atoms with E-state index >= 15 is 0 Å². The number of aliphatic hydroxyl groups is 1. The van der Waals surface area contributed by atoms with Crippen LogP contribution in [-0.4, -0.2) is 29.2 Å². The highest BCUT2D eigenvalue weighted by Gasteiger charge is 2.37. The van der Waals surface area contributed by atoms with Crippen LogP contribution in [-0.2, 0) is 0 Å². The monoisotopic (exact) mass is 177 g/mol. The Kier molecular flexibility index (Phi) is 2.34. The normalized spacial score (nSPS) is 28.5. The standard InChI is InChI=1S/C11H15NO/c1-9(12-7-11(12)8-13)10-5-3-2-4-6-10/h2-6,9,11,13H,7-8H2,1H3/t9-,11?,12+/m0/s1. The van der Waals surface area contributed by atoms with E-state index in [4.69, 9.17) is 5.11 Å². The number of benzene rings is 1. The van der Waals surface area contributed by atoms with Gasteiger partial charge in [-0.15, -0.1) is 0 Å². The summed E-state index contributed by atoms with van der Waals surface area (Å²) in [6.45, 7) is 3.51. The summed E-state index contributed by atoms with van der Waals surface area (Å²) in [5.41, 5.74) is 1.33. The minimum atomic E-state index is 0.289. The molecule has 0 bridgehead atoms. The fourth-order valence-electron chi connectivity index (χ4n) is 1.76. The van der Waals surface area contributed by atoms with E-state index in [2.05, 4.69) is 36.1 Å². The molecule has 2 rings (SSSR count). The van der Waals surface area contributed by atoms with E-state index in [0.717, 1.165) is 6.54 Å². The molecule has 1 aliphatic heterocycles. The van der Waals surface area contributed by atoms with E-state index in [1.54, 1.807) is 0 Å². The molecule has 0 amide bonds. The van der Waals surface area contributed by atoms with Gasteiger partial charge in [-0.3, -0.25) is 4.90 Å². The Morgan fingerprint density at radius 2 is 2.15 bits per heavy atom. The lowest BCUT2D eigenvalue weighted by atomic mass is 10.1. The molecule has 0 aromatic heterocycles. The van der Waals surface area contributed by atoms with Crippen molar-refractivity contribution in [3.63, 3.8) is 0 Å². The predicted molar refractivity (Wildman–Crippen MR) is 52.4 cm³/mol. The first kappa shape index (κ1) is 8.73. The summed E-state index contributed by atoms with van der Waals surface area (Å²) < 4.78 is 0. The molecule has 1 unspecified atom stereocenters. The topological polar surface area (TPSA) is 23.2 Å². The van der Waals surface area contributed by atoms with Crippen molar-refractivity contribution in [1.29, 1.82) is 0 Å². The smallest absolute Gasteiger partial charge is 0.0599 e. The summed E-state index contributed by atoms with van der Waals surface area (Å²) in [4.78, 5) is 2.30. The lowest BCUT2D eigenvalue weighted by Crippen LogP contribution is -2.10. The zero-order chi connectivity index (χ0) is 9.26. The molecule has 70 valence electrons. The number of hydrogen-bond acceptors (Lipinski definition) is 2. The quantitative estimate of drug-likeness (QED) is 0.706. The Bertz CT molecular complexity index is 273. The molecule has 13 heavy (non-hydrogen) atoms. The van der Waals surface area contributed by atoms with E-state index < -0.39 is 0 Å². The van der Waals surface area contributed by atoms with Crippen molar-refractivity contribution in [1.82, 2.24) is 4.90 Å². The van der Waals surface area contributed by atoms with Gasteiger partial charge in [0.05, 0.1) is 6.61 Å². The summed E-state index contributed by atoms with van der Waals surface area (Å²) in [5, 5.41) is 8.93. The maximum Gasteiger partial charge on any atom is 0.0599 e. The Morgan fingerprint density at radius 1 is 1.46 bits per heavy atom. The molecule has 0 aliphatic carbocycles. The Balaban J connectivity index is 2.03. The van der Waals surface area contributed by atoms with Gasteiger partial charge in [0.15, 0.2) is 0 Å². The largest absolute Gasteiger partial charge is 0.395 e. The van der Waals surface area contributed by atoms with Crippen molar-refractivity contribution >= 4 is 0 Å². The molecule has 0 saturated carbocycles. The van der Waals surface area contributed by atoms with Gasteiger partial charge in [-0.1, -0.05) is 30.3 Å². The van der Waals surface area contributed by atoms with Crippen molar-refractivity contribution in [3.8, 4) is 0 Å². The molecular weight excluding hydrogens is 162 g/mol. The maximum absolute atomic E-state index is 8.93. The highest BCUT2D eigenvalue weighted by Crippen LogP contribution is 2.30. The maximum atomic E-state index is 8.93. The highest BCUT2D eigenvalue weighted by molar-refractivity contribution is 5.20. The summed E-state index contributed by atoms with van der Waals surface area (Å²) in [5.74, 6) is 0. The Hall–Kier alpha value is -0.860. The highest BCUT2D eigenvalue weighted by atomic mass is 16.3.